The second-order valence-electron chi connectivity index (χ2n) is 9.33. The van der Waals surface area contributed by atoms with E-state index < -0.39 is 0 Å². The van der Waals surface area contributed by atoms with E-state index in [1.54, 1.807) is 0 Å². The van der Waals surface area contributed by atoms with Crippen LogP contribution in [-0.4, -0.2) is 52.6 Å². The highest BCUT2D eigenvalue weighted by Gasteiger charge is 2.22. The predicted octanol–water partition coefficient (Wildman–Crippen LogP) is 4.93. The van der Waals surface area contributed by atoms with Gasteiger partial charge in [0, 0.05) is 26.4 Å². The quantitative estimate of drug-likeness (QED) is 0.233. The lowest BCUT2D eigenvalue weighted by Crippen LogP contribution is -2.18. The minimum atomic E-state index is -0.142. The fourth-order valence-corrected chi connectivity index (χ4v) is 3.19. The summed E-state index contributed by atoms with van der Waals surface area (Å²) in [4.78, 5) is 22.7. The van der Waals surface area contributed by atoms with Crippen LogP contribution in [-0.2, 0) is 28.5 Å². The van der Waals surface area contributed by atoms with E-state index >= 15 is 0 Å². The first-order valence-corrected chi connectivity index (χ1v) is 10.9. The maximum Gasteiger partial charge on any atom is 0.306 e. The molecule has 0 atom stereocenters. The van der Waals surface area contributed by atoms with E-state index in [1.165, 1.54) is 14.2 Å². The summed E-state index contributed by atoms with van der Waals surface area (Å²) >= 11 is 0. The molecule has 0 rings (SSSR count). The maximum atomic E-state index is 11.4. The van der Waals surface area contributed by atoms with E-state index in [-0.39, 0.29) is 22.8 Å². The van der Waals surface area contributed by atoms with Gasteiger partial charge in [-0.1, -0.05) is 40.5 Å². The predicted molar refractivity (Wildman–Crippen MR) is 115 cm³/mol. The average molecular weight is 417 g/mol. The van der Waals surface area contributed by atoms with Crippen molar-refractivity contribution in [2.45, 2.75) is 85.5 Å². The molecule has 0 aromatic rings. The highest BCUT2D eigenvalue weighted by atomic mass is 16.5. The molecule has 0 aliphatic carbocycles. The molecular weight excluding hydrogens is 372 g/mol. The Balaban J connectivity index is 3.46. The lowest BCUT2D eigenvalue weighted by molar-refractivity contribution is -0.144. The second-order valence-corrected chi connectivity index (χ2v) is 9.33. The third-order valence-corrected chi connectivity index (χ3v) is 5.06. The lowest BCUT2D eigenvalue weighted by atomic mass is 9.84. The van der Waals surface area contributed by atoms with Crippen molar-refractivity contribution in [3.8, 4) is 0 Å². The smallest absolute Gasteiger partial charge is 0.306 e. The van der Waals surface area contributed by atoms with Gasteiger partial charge >= 0.3 is 11.9 Å². The molecular formula is C23H44O6. The lowest BCUT2D eigenvalue weighted by Gasteiger charge is -2.22. The highest BCUT2D eigenvalue weighted by Crippen LogP contribution is 2.28. The van der Waals surface area contributed by atoms with Crippen LogP contribution < -0.4 is 0 Å². The molecule has 0 radical (unpaired) electrons. The van der Waals surface area contributed by atoms with Crippen molar-refractivity contribution in [3.63, 3.8) is 0 Å². The highest BCUT2D eigenvalue weighted by molar-refractivity contribution is 5.70. The van der Waals surface area contributed by atoms with Gasteiger partial charge < -0.3 is 18.9 Å². The maximum absolute atomic E-state index is 11.4. The Kier molecular flexibility index (Phi) is 15.1. The Labute approximate surface area is 178 Å². The topological polar surface area (TPSA) is 71.1 Å². The molecule has 6 nitrogen and oxygen atoms in total. The van der Waals surface area contributed by atoms with Crippen LogP contribution in [0.25, 0.3) is 0 Å². The summed E-state index contributed by atoms with van der Waals surface area (Å²) in [6.45, 7) is 11.3. The Morgan fingerprint density at radius 2 is 0.931 bits per heavy atom. The second kappa shape index (κ2) is 15.7. The Bertz CT molecular complexity index is 405. The number of hydrogen-bond acceptors (Lipinski definition) is 6. The van der Waals surface area contributed by atoms with Gasteiger partial charge in [0.15, 0.2) is 0 Å². The summed E-state index contributed by atoms with van der Waals surface area (Å²) in [6, 6.07) is 0. The van der Waals surface area contributed by atoms with Crippen molar-refractivity contribution < 1.29 is 28.5 Å². The number of ether oxygens (including phenoxy) is 4. The SMILES string of the molecule is COC(=O)CC(C)(C)CCCCOCCCOCCCCC(C)(C)CC(=O)OC. The van der Waals surface area contributed by atoms with Gasteiger partial charge in [0.2, 0.25) is 0 Å². The van der Waals surface area contributed by atoms with Crippen molar-refractivity contribution >= 4 is 11.9 Å². The molecule has 0 aliphatic heterocycles. The summed E-state index contributed by atoms with van der Waals surface area (Å²) < 4.78 is 20.8. The monoisotopic (exact) mass is 416 g/mol. The number of carbonyl (C=O) groups excluding carboxylic acids is 2. The third-order valence-electron chi connectivity index (χ3n) is 5.06. The van der Waals surface area contributed by atoms with Gasteiger partial charge in [0.25, 0.3) is 0 Å². The Morgan fingerprint density at radius 1 is 0.586 bits per heavy atom. The van der Waals surface area contributed by atoms with Crippen LogP contribution >= 0.6 is 0 Å². The van der Waals surface area contributed by atoms with Crippen LogP contribution in [0.4, 0.5) is 0 Å². The van der Waals surface area contributed by atoms with Gasteiger partial charge in [-0.25, -0.2) is 0 Å². The summed E-state index contributed by atoms with van der Waals surface area (Å²) in [7, 11) is 2.87. The van der Waals surface area contributed by atoms with Gasteiger partial charge in [-0.2, -0.15) is 0 Å². The zero-order valence-electron chi connectivity index (χ0n) is 19.6. The van der Waals surface area contributed by atoms with Gasteiger partial charge in [0.05, 0.1) is 27.1 Å². The molecule has 0 spiro atoms. The third kappa shape index (κ3) is 17.4. The molecule has 172 valence electrons. The summed E-state index contributed by atoms with van der Waals surface area (Å²) in [5, 5.41) is 0. The van der Waals surface area contributed by atoms with Crippen molar-refractivity contribution in [2.24, 2.45) is 10.8 Å². The van der Waals surface area contributed by atoms with Crippen molar-refractivity contribution in [2.75, 3.05) is 40.6 Å². The van der Waals surface area contributed by atoms with Crippen molar-refractivity contribution in [1.29, 1.82) is 0 Å². The zero-order chi connectivity index (χ0) is 22.2. The Hall–Kier alpha value is -1.14. The van der Waals surface area contributed by atoms with Crippen molar-refractivity contribution in [3.05, 3.63) is 0 Å². The standard InChI is InChI=1S/C23H44O6/c1-22(2,18-20(24)26-5)12-7-9-14-28-16-11-17-29-15-10-8-13-23(3,4)19-21(25)27-6/h7-19H2,1-6H3. The van der Waals surface area contributed by atoms with E-state index in [4.69, 9.17) is 18.9 Å². The molecule has 0 N–H and O–H groups in total. The number of methoxy groups -OCH3 is 2. The number of unbranched alkanes of at least 4 members (excludes halogenated alkanes) is 2. The van der Waals surface area contributed by atoms with Gasteiger partial charge in [-0.3, -0.25) is 9.59 Å². The normalized spacial score (nSPS) is 12.1. The summed E-state index contributed by atoms with van der Waals surface area (Å²) in [5.74, 6) is -0.285. The van der Waals surface area contributed by atoms with Crippen LogP contribution in [0.2, 0.25) is 0 Å². The first-order chi connectivity index (χ1) is 13.6. The van der Waals surface area contributed by atoms with Gasteiger partial charge in [-0.15, -0.1) is 0 Å². The molecule has 0 fully saturated rings. The summed E-state index contributed by atoms with van der Waals surface area (Å²) in [5.41, 5.74) is -0.0368. The fraction of sp³-hybridized carbons (Fsp3) is 0.913. The number of rotatable bonds is 18. The molecule has 0 aromatic carbocycles. The first-order valence-electron chi connectivity index (χ1n) is 10.9. The largest absolute Gasteiger partial charge is 0.469 e. The molecule has 0 unspecified atom stereocenters. The van der Waals surface area contributed by atoms with E-state index in [0.29, 0.717) is 12.8 Å². The molecule has 0 heterocycles. The van der Waals surface area contributed by atoms with Gasteiger partial charge in [-0.05, 0) is 42.9 Å². The molecule has 0 saturated carbocycles. The van der Waals surface area contributed by atoms with E-state index in [1.807, 2.05) is 0 Å². The average Bonchev–Trinajstić information content (AvgIpc) is 2.64. The van der Waals surface area contributed by atoms with Crippen molar-refractivity contribution in [1.82, 2.24) is 0 Å². The van der Waals surface area contributed by atoms with E-state index in [9.17, 15) is 9.59 Å². The fourth-order valence-electron chi connectivity index (χ4n) is 3.19. The minimum absolute atomic E-state index is 0.0184. The Morgan fingerprint density at radius 3 is 1.28 bits per heavy atom. The first kappa shape index (κ1) is 27.9. The molecule has 29 heavy (non-hydrogen) atoms. The molecule has 0 amide bonds. The molecule has 6 heteroatoms. The van der Waals surface area contributed by atoms with Crippen LogP contribution in [0.1, 0.15) is 85.5 Å². The van der Waals surface area contributed by atoms with Crippen LogP contribution in [0.5, 0.6) is 0 Å². The van der Waals surface area contributed by atoms with E-state index in [2.05, 4.69) is 27.7 Å². The molecule has 0 aromatic heterocycles. The van der Waals surface area contributed by atoms with E-state index in [0.717, 1.165) is 71.4 Å². The number of carbonyl (C=O) groups is 2. The zero-order valence-corrected chi connectivity index (χ0v) is 19.6. The van der Waals surface area contributed by atoms with Crippen LogP contribution in [0, 0.1) is 10.8 Å². The van der Waals surface area contributed by atoms with Gasteiger partial charge in [0.1, 0.15) is 0 Å². The van der Waals surface area contributed by atoms with Crippen LogP contribution in [0.3, 0.4) is 0 Å². The van der Waals surface area contributed by atoms with Crippen LogP contribution in [0.15, 0.2) is 0 Å². The summed E-state index contributed by atoms with van der Waals surface area (Å²) in [6.07, 6.45) is 7.92. The molecule has 0 bridgehead atoms. The molecule has 0 aliphatic rings. The number of esters is 2. The number of hydrogen-bond donors (Lipinski definition) is 0. The molecule has 0 saturated heterocycles. The minimum Gasteiger partial charge on any atom is -0.469 e.